The molecular weight excluding hydrogens is 157 g/mol. The van der Waals surface area contributed by atoms with Crippen molar-refractivity contribution in [2.75, 3.05) is 5.88 Å². The summed E-state index contributed by atoms with van der Waals surface area (Å²) in [5, 5.41) is 0. The second kappa shape index (κ2) is 6.66. The van der Waals surface area contributed by atoms with E-state index in [1.54, 1.807) is 0 Å². The Bertz CT molecular complexity index is 51.0. The van der Waals surface area contributed by atoms with Crippen LogP contribution >= 0.6 is 24.0 Å². The van der Waals surface area contributed by atoms with Crippen LogP contribution in [0.3, 0.4) is 0 Å². The average Bonchev–Trinajstić information content (AvgIpc) is 1.84. The Balaban J connectivity index is 0. The molecule has 0 bridgehead atoms. The van der Waals surface area contributed by atoms with Crippen molar-refractivity contribution in [1.82, 2.24) is 0 Å². The highest BCUT2D eigenvalue weighted by molar-refractivity contribution is 6.18. The summed E-state index contributed by atoms with van der Waals surface area (Å²) in [6.07, 6.45) is 1.12. The van der Waals surface area contributed by atoms with Gasteiger partial charge in [-0.15, -0.1) is 24.0 Å². The molecule has 0 saturated heterocycles. The summed E-state index contributed by atoms with van der Waals surface area (Å²) in [6, 6.07) is 0.182. The van der Waals surface area contributed by atoms with E-state index in [-0.39, 0.29) is 18.4 Å². The number of rotatable bonds is 3. The Labute approximate surface area is 68.4 Å². The van der Waals surface area contributed by atoms with E-state index in [4.69, 9.17) is 17.3 Å². The highest BCUT2D eigenvalue weighted by Gasteiger charge is 2.07. The lowest BCUT2D eigenvalue weighted by Crippen LogP contribution is -2.29. The van der Waals surface area contributed by atoms with Crippen LogP contribution in [0, 0.1) is 5.92 Å². The van der Waals surface area contributed by atoms with E-state index < -0.39 is 0 Å². The van der Waals surface area contributed by atoms with Crippen molar-refractivity contribution in [3.05, 3.63) is 0 Å². The van der Waals surface area contributed by atoms with E-state index in [0.29, 0.717) is 11.8 Å². The fourth-order valence-electron chi connectivity index (χ4n) is 0.455. The first-order chi connectivity index (χ1) is 3.72. The molecule has 0 rings (SSSR count). The quantitative estimate of drug-likeness (QED) is 0.647. The van der Waals surface area contributed by atoms with Gasteiger partial charge in [-0.3, -0.25) is 0 Å². The number of hydrogen-bond donors (Lipinski definition) is 1. The van der Waals surface area contributed by atoms with Gasteiger partial charge < -0.3 is 5.73 Å². The molecule has 1 nitrogen and oxygen atoms in total. The van der Waals surface area contributed by atoms with E-state index in [9.17, 15) is 0 Å². The topological polar surface area (TPSA) is 26.0 Å². The van der Waals surface area contributed by atoms with Crippen LogP contribution in [0.25, 0.3) is 0 Å². The van der Waals surface area contributed by atoms with Gasteiger partial charge in [-0.1, -0.05) is 20.3 Å². The third-order valence-corrected chi connectivity index (χ3v) is 1.91. The summed E-state index contributed by atoms with van der Waals surface area (Å²) in [6.45, 7) is 4.24. The first kappa shape index (κ1) is 12.2. The molecule has 0 spiro atoms. The lowest BCUT2D eigenvalue weighted by atomic mass is 10.0. The van der Waals surface area contributed by atoms with Gasteiger partial charge in [0.15, 0.2) is 0 Å². The maximum atomic E-state index is 5.60. The largest absolute Gasteiger partial charge is 0.326 e. The van der Waals surface area contributed by atoms with E-state index in [0.717, 1.165) is 6.42 Å². The van der Waals surface area contributed by atoms with Gasteiger partial charge in [-0.05, 0) is 5.92 Å². The summed E-state index contributed by atoms with van der Waals surface area (Å²) in [5.74, 6) is 1.14. The maximum Gasteiger partial charge on any atom is 0.0377 e. The molecule has 0 aliphatic carbocycles. The van der Waals surface area contributed by atoms with Crippen LogP contribution in [0.1, 0.15) is 20.3 Å². The lowest BCUT2D eigenvalue weighted by molar-refractivity contribution is 0.473. The van der Waals surface area contributed by atoms with E-state index in [1.165, 1.54) is 0 Å². The molecule has 2 N–H and O–H groups in total. The van der Waals surface area contributed by atoms with Gasteiger partial charge in [0.25, 0.3) is 0 Å². The highest BCUT2D eigenvalue weighted by Crippen LogP contribution is 2.05. The molecule has 58 valence electrons. The number of halogens is 2. The van der Waals surface area contributed by atoms with Crippen molar-refractivity contribution in [2.24, 2.45) is 11.7 Å². The fraction of sp³-hybridized carbons (Fsp3) is 1.00. The number of alkyl halides is 1. The Morgan fingerprint density at radius 2 is 2.00 bits per heavy atom. The summed E-state index contributed by atoms with van der Waals surface area (Å²) in [7, 11) is 0. The monoisotopic (exact) mass is 171 g/mol. The third kappa shape index (κ3) is 5.01. The molecular formula is C6H15Cl2N. The first-order valence-electron chi connectivity index (χ1n) is 3.03. The first-order valence-corrected chi connectivity index (χ1v) is 3.57. The zero-order valence-electron chi connectivity index (χ0n) is 5.93. The van der Waals surface area contributed by atoms with E-state index in [1.807, 2.05) is 0 Å². The molecule has 2 atom stereocenters. The molecule has 3 heteroatoms. The molecule has 0 aromatic heterocycles. The van der Waals surface area contributed by atoms with Crippen molar-refractivity contribution in [2.45, 2.75) is 26.3 Å². The highest BCUT2D eigenvalue weighted by atomic mass is 35.5. The minimum Gasteiger partial charge on any atom is -0.326 e. The van der Waals surface area contributed by atoms with Gasteiger partial charge in [-0.25, -0.2) is 0 Å². The summed E-state index contributed by atoms with van der Waals surface area (Å²) in [4.78, 5) is 0. The van der Waals surface area contributed by atoms with Crippen molar-refractivity contribution in [1.29, 1.82) is 0 Å². The van der Waals surface area contributed by atoms with Crippen LogP contribution in [0.15, 0.2) is 0 Å². The van der Waals surface area contributed by atoms with Crippen LogP contribution in [0.4, 0.5) is 0 Å². The van der Waals surface area contributed by atoms with Crippen LogP contribution in [-0.2, 0) is 0 Å². The Kier molecular flexibility index (Phi) is 9.05. The lowest BCUT2D eigenvalue weighted by Gasteiger charge is -2.13. The normalized spacial score (nSPS) is 16.0. The molecule has 9 heavy (non-hydrogen) atoms. The van der Waals surface area contributed by atoms with E-state index in [2.05, 4.69) is 13.8 Å². The van der Waals surface area contributed by atoms with Crippen LogP contribution in [0.5, 0.6) is 0 Å². The van der Waals surface area contributed by atoms with Crippen molar-refractivity contribution in [3.8, 4) is 0 Å². The van der Waals surface area contributed by atoms with Gasteiger partial charge in [0.05, 0.1) is 0 Å². The maximum absolute atomic E-state index is 5.60. The second-order valence-corrected chi connectivity index (χ2v) is 2.51. The Morgan fingerprint density at radius 1 is 1.56 bits per heavy atom. The minimum absolute atomic E-state index is 0. The Hall–Kier alpha value is 0.540. The molecule has 0 saturated carbocycles. The number of hydrogen-bond acceptors (Lipinski definition) is 1. The van der Waals surface area contributed by atoms with Crippen molar-refractivity contribution >= 4 is 24.0 Å². The molecule has 0 radical (unpaired) electrons. The molecule has 0 aromatic rings. The predicted molar refractivity (Wildman–Crippen MR) is 45.4 cm³/mol. The molecule has 0 fully saturated rings. The zero-order chi connectivity index (χ0) is 6.57. The molecule has 0 aliphatic rings. The third-order valence-electron chi connectivity index (χ3n) is 1.55. The minimum atomic E-state index is 0. The van der Waals surface area contributed by atoms with E-state index >= 15 is 0 Å². The number of nitrogens with two attached hydrogens (primary N) is 1. The van der Waals surface area contributed by atoms with Gasteiger partial charge in [0.1, 0.15) is 0 Å². The summed E-state index contributed by atoms with van der Waals surface area (Å²) < 4.78 is 0. The zero-order valence-corrected chi connectivity index (χ0v) is 7.50. The SMILES string of the molecule is CC[C@@H](C)[C@H](N)CCl.Cl. The van der Waals surface area contributed by atoms with Crippen LogP contribution < -0.4 is 5.73 Å². The predicted octanol–water partition coefficient (Wildman–Crippen LogP) is 2.02. The molecule has 0 aromatic carbocycles. The van der Waals surface area contributed by atoms with Crippen molar-refractivity contribution < 1.29 is 0 Å². The molecule has 0 aliphatic heterocycles. The molecule has 0 amide bonds. The molecule has 0 unspecified atom stereocenters. The smallest absolute Gasteiger partial charge is 0.0377 e. The fourth-order valence-corrected chi connectivity index (χ4v) is 0.759. The van der Waals surface area contributed by atoms with Gasteiger partial charge in [-0.2, -0.15) is 0 Å². The standard InChI is InChI=1S/C6H14ClN.ClH/c1-3-5(2)6(8)4-7;/h5-6H,3-4,8H2,1-2H3;1H/t5-,6-;/m1./s1. The average molecular weight is 172 g/mol. The summed E-state index contributed by atoms with van der Waals surface area (Å²) >= 11 is 5.50. The Morgan fingerprint density at radius 3 is 2.11 bits per heavy atom. The van der Waals surface area contributed by atoms with Gasteiger partial charge in [0.2, 0.25) is 0 Å². The van der Waals surface area contributed by atoms with Crippen LogP contribution in [-0.4, -0.2) is 11.9 Å². The summed E-state index contributed by atoms with van der Waals surface area (Å²) in [5.41, 5.74) is 5.60. The molecule has 0 heterocycles. The van der Waals surface area contributed by atoms with Crippen LogP contribution in [0.2, 0.25) is 0 Å². The second-order valence-electron chi connectivity index (χ2n) is 2.20. The van der Waals surface area contributed by atoms with Crippen molar-refractivity contribution in [3.63, 3.8) is 0 Å². The van der Waals surface area contributed by atoms with Gasteiger partial charge >= 0.3 is 0 Å². The van der Waals surface area contributed by atoms with Gasteiger partial charge in [0, 0.05) is 11.9 Å².